The first-order valence-electron chi connectivity index (χ1n) is 14.4. The average Bonchev–Trinajstić information content (AvgIpc) is 3.78. The zero-order chi connectivity index (χ0) is 32.3. The quantitative estimate of drug-likeness (QED) is 0.109. The fraction of sp³-hybridized carbons (Fsp3) is 0.303. The maximum absolute atomic E-state index is 13.6. The van der Waals surface area contributed by atoms with Gasteiger partial charge < -0.3 is 19.6 Å². The lowest BCUT2D eigenvalue weighted by atomic mass is 9.98. The number of anilines is 1. The van der Waals surface area contributed by atoms with Gasteiger partial charge in [-0.25, -0.2) is 12.8 Å². The van der Waals surface area contributed by atoms with Gasteiger partial charge in [-0.2, -0.15) is 0 Å². The number of rotatable bonds is 15. The summed E-state index contributed by atoms with van der Waals surface area (Å²) in [6, 6.07) is 15.6. The topological polar surface area (TPSA) is 146 Å². The number of Topliss-reactive ketones (excluding diaryl/α,β-unsaturated/α-hetero) is 2. The molecule has 1 fully saturated rings. The lowest BCUT2D eigenvalue weighted by Crippen LogP contribution is -2.34. The second-order valence-corrected chi connectivity index (χ2v) is 12.8. The third-order valence-corrected chi connectivity index (χ3v) is 8.70. The highest BCUT2D eigenvalue weighted by Crippen LogP contribution is 2.48. The van der Waals surface area contributed by atoms with Crippen LogP contribution in [0.3, 0.4) is 0 Å². The number of hydrogen-bond acceptors (Lipinski definition) is 8. The molecule has 12 heteroatoms. The molecule has 0 radical (unpaired) electrons. The Bertz CT molecular complexity index is 1850. The van der Waals surface area contributed by atoms with Gasteiger partial charge in [0.2, 0.25) is 10.0 Å². The smallest absolute Gasteiger partial charge is 0.289 e. The molecule has 4 aromatic rings. The van der Waals surface area contributed by atoms with Gasteiger partial charge in [0, 0.05) is 22.6 Å². The molecular formula is C33H33FN2O8S. The predicted molar refractivity (Wildman–Crippen MR) is 166 cm³/mol. The molecule has 45 heavy (non-hydrogen) atoms. The van der Waals surface area contributed by atoms with Gasteiger partial charge >= 0.3 is 0 Å². The maximum atomic E-state index is 13.6. The molecule has 1 aliphatic rings. The molecule has 0 aliphatic heterocycles. The molecule has 2 N–H and O–H groups in total. The summed E-state index contributed by atoms with van der Waals surface area (Å²) >= 11 is 0. The molecule has 1 aliphatic carbocycles. The molecule has 10 nitrogen and oxygen atoms in total. The number of fused-ring (bicyclic) bond motifs is 1. The van der Waals surface area contributed by atoms with Gasteiger partial charge in [0.1, 0.15) is 17.2 Å². The van der Waals surface area contributed by atoms with E-state index in [9.17, 15) is 27.2 Å². The van der Waals surface area contributed by atoms with Crippen molar-refractivity contribution < 1.29 is 41.1 Å². The summed E-state index contributed by atoms with van der Waals surface area (Å²) in [7, 11) is -3.77. The number of primary amides is 1. The van der Waals surface area contributed by atoms with Crippen molar-refractivity contribution in [3.63, 3.8) is 0 Å². The normalized spacial score (nSPS) is 13.2. The Morgan fingerprint density at radius 1 is 0.978 bits per heavy atom. The number of hydrogen-bond donors (Lipinski definition) is 1. The van der Waals surface area contributed by atoms with E-state index < -0.39 is 27.5 Å². The molecule has 0 bridgehead atoms. The number of benzene rings is 3. The van der Waals surface area contributed by atoms with Crippen molar-refractivity contribution in [3.8, 4) is 11.3 Å². The van der Waals surface area contributed by atoms with Gasteiger partial charge in [-0.3, -0.25) is 18.7 Å². The van der Waals surface area contributed by atoms with Crippen molar-refractivity contribution in [2.75, 3.05) is 36.9 Å². The zero-order valence-electron chi connectivity index (χ0n) is 24.9. The minimum absolute atomic E-state index is 0.00910. The molecule has 1 saturated carbocycles. The summed E-state index contributed by atoms with van der Waals surface area (Å²) in [5, 5.41) is 0.321. The van der Waals surface area contributed by atoms with E-state index >= 15 is 0 Å². The highest BCUT2D eigenvalue weighted by atomic mass is 32.2. The molecule has 5 rings (SSSR count). The standard InChI is InChI=1S/C33H33FN2O8S/c1-20(37)22-5-3-21(4-6-22)19-43-16-15-42-14-13-36(45(2,40)41)28-18-29-27(17-26(28)23-7-8-23)30(31(38)33(35)39)32(44-29)24-9-11-25(34)12-10-24/h3-6,9-12,17-18,23H,7-8,13-16,19H2,1-2H3,(H2,35,39). The average molecular weight is 637 g/mol. The number of amides is 1. The van der Waals surface area contributed by atoms with Crippen molar-refractivity contribution in [1.29, 1.82) is 0 Å². The highest BCUT2D eigenvalue weighted by Gasteiger charge is 2.33. The SMILES string of the molecule is CC(=O)c1ccc(COCCOCCN(c2cc3oc(-c4ccc(F)cc4)c(C(=O)C(N)=O)c3cc2C2CC2)S(C)(=O)=O)cc1. The summed E-state index contributed by atoms with van der Waals surface area (Å²) in [5.41, 5.74) is 8.46. The third-order valence-electron chi connectivity index (χ3n) is 7.52. The van der Waals surface area contributed by atoms with Crippen LogP contribution in [-0.2, 0) is 30.9 Å². The van der Waals surface area contributed by atoms with E-state index in [2.05, 4.69) is 0 Å². The summed E-state index contributed by atoms with van der Waals surface area (Å²) in [6.07, 6.45) is 2.74. The number of halogens is 1. The number of nitrogens with zero attached hydrogens (tertiary/aromatic N) is 1. The van der Waals surface area contributed by atoms with Gasteiger partial charge in [-0.05, 0) is 67.1 Å². The Labute approximate surface area is 259 Å². The number of carbonyl (C=O) groups excluding carboxylic acids is 3. The molecule has 1 amide bonds. The second-order valence-electron chi connectivity index (χ2n) is 10.9. The van der Waals surface area contributed by atoms with Gasteiger partial charge in [-0.15, -0.1) is 0 Å². The van der Waals surface area contributed by atoms with Crippen LogP contribution in [0.15, 0.2) is 65.1 Å². The minimum atomic E-state index is -3.77. The van der Waals surface area contributed by atoms with Gasteiger partial charge in [0.25, 0.3) is 11.7 Å². The third kappa shape index (κ3) is 7.47. The number of ketones is 2. The lowest BCUT2D eigenvalue weighted by molar-refractivity contribution is -0.114. The first-order chi connectivity index (χ1) is 21.4. The fourth-order valence-electron chi connectivity index (χ4n) is 5.10. The second kappa shape index (κ2) is 13.3. The first-order valence-corrected chi connectivity index (χ1v) is 16.2. The molecule has 0 saturated heterocycles. The molecule has 0 atom stereocenters. The summed E-state index contributed by atoms with van der Waals surface area (Å²) in [5.74, 6) is -2.56. The molecule has 1 aromatic heterocycles. The summed E-state index contributed by atoms with van der Waals surface area (Å²) < 4.78 is 58.3. The van der Waals surface area contributed by atoms with Crippen LogP contribution in [0, 0.1) is 5.82 Å². The summed E-state index contributed by atoms with van der Waals surface area (Å²) in [4.78, 5) is 36.4. The molecule has 3 aromatic carbocycles. The molecule has 0 unspecified atom stereocenters. The van der Waals surface area contributed by atoms with Crippen LogP contribution in [-0.4, -0.2) is 58.5 Å². The van der Waals surface area contributed by atoms with Gasteiger partial charge in [-0.1, -0.05) is 24.3 Å². The number of sulfonamides is 1. The number of carbonyl (C=O) groups is 3. The number of nitrogens with two attached hydrogens (primary N) is 1. The van der Waals surface area contributed by atoms with Crippen LogP contribution in [0.5, 0.6) is 0 Å². The molecule has 236 valence electrons. The van der Waals surface area contributed by atoms with Crippen LogP contribution in [0.2, 0.25) is 0 Å². The predicted octanol–water partition coefficient (Wildman–Crippen LogP) is 4.99. The van der Waals surface area contributed by atoms with Crippen molar-refractivity contribution >= 4 is 44.2 Å². The highest BCUT2D eigenvalue weighted by molar-refractivity contribution is 7.92. The van der Waals surface area contributed by atoms with E-state index in [1.807, 2.05) is 12.1 Å². The van der Waals surface area contributed by atoms with Crippen LogP contribution < -0.4 is 10.0 Å². The van der Waals surface area contributed by atoms with E-state index in [0.717, 1.165) is 24.7 Å². The Morgan fingerprint density at radius 3 is 2.24 bits per heavy atom. The minimum Gasteiger partial charge on any atom is -0.455 e. The fourth-order valence-corrected chi connectivity index (χ4v) is 6.02. The van der Waals surface area contributed by atoms with Crippen LogP contribution in [0.4, 0.5) is 10.1 Å². The monoisotopic (exact) mass is 636 g/mol. The number of ether oxygens (including phenoxy) is 2. The maximum Gasteiger partial charge on any atom is 0.289 e. The van der Waals surface area contributed by atoms with Crippen molar-refractivity contribution in [2.24, 2.45) is 5.73 Å². The van der Waals surface area contributed by atoms with Gasteiger partial charge in [0.05, 0.1) is 50.5 Å². The number of furan rings is 1. The van der Waals surface area contributed by atoms with E-state index in [-0.39, 0.29) is 55.0 Å². The summed E-state index contributed by atoms with van der Waals surface area (Å²) in [6.45, 7) is 2.44. The Morgan fingerprint density at radius 2 is 1.64 bits per heavy atom. The Kier molecular flexibility index (Phi) is 9.47. The van der Waals surface area contributed by atoms with Crippen LogP contribution in [0.1, 0.15) is 57.5 Å². The van der Waals surface area contributed by atoms with E-state index in [1.165, 1.54) is 35.5 Å². The van der Waals surface area contributed by atoms with E-state index in [1.54, 1.807) is 24.3 Å². The zero-order valence-corrected chi connectivity index (χ0v) is 25.7. The lowest BCUT2D eigenvalue weighted by Gasteiger charge is -2.25. The van der Waals surface area contributed by atoms with Gasteiger partial charge in [0.15, 0.2) is 5.78 Å². The Balaban J connectivity index is 1.35. The van der Waals surface area contributed by atoms with Crippen molar-refractivity contribution in [1.82, 2.24) is 0 Å². The molecular weight excluding hydrogens is 603 g/mol. The largest absolute Gasteiger partial charge is 0.455 e. The van der Waals surface area contributed by atoms with Crippen molar-refractivity contribution in [2.45, 2.75) is 32.3 Å². The molecule has 0 spiro atoms. The van der Waals surface area contributed by atoms with E-state index in [4.69, 9.17) is 19.6 Å². The van der Waals surface area contributed by atoms with Crippen molar-refractivity contribution in [3.05, 3.63) is 88.7 Å². The first kappa shape index (κ1) is 32.0. The van der Waals surface area contributed by atoms with E-state index in [0.29, 0.717) is 34.4 Å². The van der Waals surface area contributed by atoms with Crippen LogP contribution in [0.25, 0.3) is 22.3 Å². The Hall–Kier alpha value is -4.39. The molecule has 1 heterocycles. The van der Waals surface area contributed by atoms with Crippen LogP contribution >= 0.6 is 0 Å².